The number of ketones is 1. The number of hydrogen-bond donors (Lipinski definition) is 1. The van der Waals surface area contributed by atoms with E-state index in [0.29, 0.717) is 9.75 Å². The summed E-state index contributed by atoms with van der Waals surface area (Å²) in [4.78, 5) is 24.4. The summed E-state index contributed by atoms with van der Waals surface area (Å²) in [6.07, 6.45) is 2.15. The lowest BCUT2D eigenvalue weighted by atomic mass is 10.1. The topological polar surface area (TPSA) is 46.2 Å². The van der Waals surface area contributed by atoms with Gasteiger partial charge >= 0.3 is 0 Å². The fourth-order valence-corrected chi connectivity index (χ4v) is 2.68. The fourth-order valence-electron chi connectivity index (χ4n) is 1.89. The van der Waals surface area contributed by atoms with Crippen LogP contribution in [-0.2, 0) is 6.42 Å². The number of thiophene rings is 1. The molecule has 104 valence electrons. The quantitative estimate of drug-likeness (QED) is 0.839. The third-order valence-corrected chi connectivity index (χ3v) is 4.11. The maximum absolute atomic E-state index is 12.0. The predicted octanol–water partition coefficient (Wildman–Crippen LogP) is 4.16. The Kier molecular flexibility index (Phi) is 4.69. The molecule has 0 bridgehead atoms. The number of amides is 1. The summed E-state index contributed by atoms with van der Waals surface area (Å²) in [6.45, 7) is 3.64. The number of Topliss-reactive ketones (excluding diaryl/α,β-unsaturated/α-hetero) is 1. The first kappa shape index (κ1) is 14.5. The van der Waals surface area contributed by atoms with Gasteiger partial charge in [-0.05, 0) is 43.2 Å². The van der Waals surface area contributed by atoms with Crippen LogP contribution in [0.5, 0.6) is 0 Å². The van der Waals surface area contributed by atoms with E-state index < -0.39 is 0 Å². The van der Waals surface area contributed by atoms with Gasteiger partial charge in [0.25, 0.3) is 5.91 Å². The van der Waals surface area contributed by atoms with Gasteiger partial charge in [0.1, 0.15) is 0 Å². The van der Waals surface area contributed by atoms with Crippen LogP contribution < -0.4 is 5.32 Å². The highest BCUT2D eigenvalue weighted by Crippen LogP contribution is 2.19. The zero-order chi connectivity index (χ0) is 14.5. The van der Waals surface area contributed by atoms with Crippen LogP contribution in [0.25, 0.3) is 0 Å². The van der Waals surface area contributed by atoms with Gasteiger partial charge in [-0.15, -0.1) is 11.3 Å². The van der Waals surface area contributed by atoms with Gasteiger partial charge in [0.2, 0.25) is 0 Å². The highest BCUT2D eigenvalue weighted by atomic mass is 32.1. The summed E-state index contributed by atoms with van der Waals surface area (Å²) >= 11 is 1.22. The molecular weight excluding hydrogens is 270 g/mol. The van der Waals surface area contributed by atoms with Crippen molar-refractivity contribution in [3.8, 4) is 0 Å². The van der Waals surface area contributed by atoms with Gasteiger partial charge in [0.05, 0.1) is 9.75 Å². The van der Waals surface area contributed by atoms with E-state index in [1.54, 1.807) is 12.1 Å². The molecular formula is C16H17NO2S. The average Bonchev–Trinajstić information content (AvgIpc) is 2.91. The number of carbonyl (C=O) groups excluding carboxylic acids is 2. The van der Waals surface area contributed by atoms with E-state index in [2.05, 4.69) is 12.2 Å². The average molecular weight is 287 g/mol. The van der Waals surface area contributed by atoms with Crippen molar-refractivity contribution in [2.75, 3.05) is 5.32 Å². The van der Waals surface area contributed by atoms with Crippen molar-refractivity contribution < 1.29 is 9.59 Å². The van der Waals surface area contributed by atoms with E-state index in [9.17, 15) is 9.59 Å². The van der Waals surface area contributed by atoms with E-state index in [4.69, 9.17) is 0 Å². The summed E-state index contributed by atoms with van der Waals surface area (Å²) in [5.74, 6) is -0.191. The monoisotopic (exact) mass is 287 g/mol. The van der Waals surface area contributed by atoms with Crippen molar-refractivity contribution >= 4 is 28.7 Å². The van der Waals surface area contributed by atoms with Gasteiger partial charge in [-0.1, -0.05) is 25.5 Å². The number of nitrogens with one attached hydrogen (secondary N) is 1. The first-order valence-electron chi connectivity index (χ1n) is 6.61. The fraction of sp³-hybridized carbons (Fsp3) is 0.250. The third kappa shape index (κ3) is 3.54. The molecule has 0 spiro atoms. The van der Waals surface area contributed by atoms with Crippen molar-refractivity contribution in [2.45, 2.75) is 26.7 Å². The second-order valence-electron chi connectivity index (χ2n) is 4.62. The molecule has 0 fully saturated rings. The Bertz CT molecular complexity index is 614. The molecule has 1 amide bonds. The number of hydrogen-bond acceptors (Lipinski definition) is 3. The first-order valence-corrected chi connectivity index (χ1v) is 7.43. The van der Waals surface area contributed by atoms with Crippen LogP contribution in [0.4, 0.5) is 5.69 Å². The number of anilines is 1. The van der Waals surface area contributed by atoms with Gasteiger partial charge in [0, 0.05) is 5.69 Å². The van der Waals surface area contributed by atoms with Gasteiger partial charge in [0.15, 0.2) is 5.78 Å². The normalized spacial score (nSPS) is 10.3. The summed E-state index contributed by atoms with van der Waals surface area (Å²) in [6, 6.07) is 11.2. The summed E-state index contributed by atoms with van der Waals surface area (Å²) < 4.78 is 0. The minimum absolute atomic E-state index is 0.0158. The maximum atomic E-state index is 12.0. The highest BCUT2D eigenvalue weighted by Gasteiger charge is 2.11. The van der Waals surface area contributed by atoms with Gasteiger partial charge in [-0.3, -0.25) is 9.59 Å². The lowest BCUT2D eigenvalue weighted by Gasteiger charge is -2.05. The molecule has 1 aromatic carbocycles. The lowest BCUT2D eigenvalue weighted by molar-refractivity contribution is 0.101. The van der Waals surface area contributed by atoms with Crippen molar-refractivity contribution in [3.05, 3.63) is 51.7 Å². The Morgan fingerprint density at radius 2 is 1.70 bits per heavy atom. The van der Waals surface area contributed by atoms with Crippen molar-refractivity contribution in [1.82, 2.24) is 0 Å². The summed E-state index contributed by atoms with van der Waals surface area (Å²) in [7, 11) is 0. The van der Waals surface area contributed by atoms with Gasteiger partial charge < -0.3 is 5.32 Å². The largest absolute Gasteiger partial charge is 0.321 e. The number of aryl methyl sites for hydroxylation is 1. The summed E-state index contributed by atoms with van der Waals surface area (Å²) in [5, 5.41) is 2.84. The molecule has 20 heavy (non-hydrogen) atoms. The van der Waals surface area contributed by atoms with Crippen LogP contribution >= 0.6 is 11.3 Å². The van der Waals surface area contributed by atoms with Gasteiger partial charge in [-0.2, -0.15) is 0 Å². The lowest BCUT2D eigenvalue weighted by Crippen LogP contribution is -2.09. The zero-order valence-electron chi connectivity index (χ0n) is 11.6. The van der Waals surface area contributed by atoms with E-state index in [0.717, 1.165) is 18.5 Å². The predicted molar refractivity (Wildman–Crippen MR) is 82.7 cm³/mol. The SMILES string of the molecule is CCCc1ccc(NC(=O)c2ccc(C(C)=O)s2)cc1. The van der Waals surface area contributed by atoms with Crippen LogP contribution in [0.3, 0.4) is 0 Å². The second-order valence-corrected chi connectivity index (χ2v) is 5.70. The molecule has 0 aliphatic rings. The molecule has 0 aliphatic carbocycles. The van der Waals surface area contributed by atoms with E-state index in [-0.39, 0.29) is 11.7 Å². The molecule has 4 heteroatoms. The molecule has 0 radical (unpaired) electrons. The second kappa shape index (κ2) is 6.48. The van der Waals surface area contributed by atoms with Crippen LogP contribution in [-0.4, -0.2) is 11.7 Å². The first-order chi connectivity index (χ1) is 9.60. The third-order valence-electron chi connectivity index (χ3n) is 2.93. The molecule has 3 nitrogen and oxygen atoms in total. The minimum Gasteiger partial charge on any atom is -0.321 e. The van der Waals surface area contributed by atoms with Gasteiger partial charge in [-0.25, -0.2) is 0 Å². The van der Waals surface area contributed by atoms with E-state index in [1.807, 2.05) is 24.3 Å². The van der Waals surface area contributed by atoms with Crippen LogP contribution in [0.1, 0.15) is 45.2 Å². The van der Waals surface area contributed by atoms with Crippen LogP contribution in [0, 0.1) is 0 Å². The van der Waals surface area contributed by atoms with Crippen molar-refractivity contribution in [1.29, 1.82) is 0 Å². The zero-order valence-corrected chi connectivity index (χ0v) is 12.4. The molecule has 0 unspecified atom stereocenters. The number of rotatable bonds is 5. The Hall–Kier alpha value is -1.94. The molecule has 2 rings (SSSR count). The maximum Gasteiger partial charge on any atom is 0.265 e. The molecule has 1 aromatic heterocycles. The van der Waals surface area contributed by atoms with Crippen molar-refractivity contribution in [2.24, 2.45) is 0 Å². The number of benzene rings is 1. The molecule has 1 N–H and O–H groups in total. The van der Waals surface area contributed by atoms with E-state index in [1.165, 1.54) is 23.8 Å². The van der Waals surface area contributed by atoms with Crippen LogP contribution in [0.2, 0.25) is 0 Å². The molecule has 2 aromatic rings. The molecule has 0 atom stereocenters. The summed E-state index contributed by atoms with van der Waals surface area (Å²) in [5.41, 5.74) is 2.04. The highest BCUT2D eigenvalue weighted by molar-refractivity contribution is 7.16. The van der Waals surface area contributed by atoms with E-state index >= 15 is 0 Å². The molecule has 0 aliphatic heterocycles. The van der Waals surface area contributed by atoms with Crippen molar-refractivity contribution in [3.63, 3.8) is 0 Å². The Morgan fingerprint density at radius 3 is 2.25 bits per heavy atom. The van der Waals surface area contributed by atoms with Crippen LogP contribution in [0.15, 0.2) is 36.4 Å². The Balaban J connectivity index is 2.04. The Labute approximate surface area is 122 Å². The molecule has 1 heterocycles. The number of carbonyl (C=O) groups is 2. The molecule has 0 saturated heterocycles. The molecule has 0 saturated carbocycles. The Morgan fingerprint density at radius 1 is 1.05 bits per heavy atom. The smallest absolute Gasteiger partial charge is 0.265 e. The minimum atomic E-state index is -0.175. The standard InChI is InChI=1S/C16H17NO2S/c1-3-4-12-5-7-13(8-6-12)17-16(19)15-10-9-14(20-15)11(2)18/h5-10H,3-4H2,1-2H3,(H,17,19).